The lowest BCUT2D eigenvalue weighted by molar-refractivity contribution is 0.605. The van der Waals surface area contributed by atoms with Crippen LogP contribution in [-0.2, 0) is 6.42 Å². The van der Waals surface area contributed by atoms with Crippen molar-refractivity contribution >= 4 is 27.7 Å². The van der Waals surface area contributed by atoms with Gasteiger partial charge in [0.1, 0.15) is 11.9 Å². The number of benzene rings is 1. The van der Waals surface area contributed by atoms with Gasteiger partial charge in [-0.05, 0) is 52.2 Å². The van der Waals surface area contributed by atoms with Crippen LogP contribution in [0.3, 0.4) is 0 Å². The molecule has 1 atom stereocenters. The molecule has 1 nitrogen and oxygen atoms in total. The number of hydrogen-bond donors (Lipinski definition) is 0. The van der Waals surface area contributed by atoms with Crippen LogP contribution in [0.1, 0.15) is 28.4 Å². The van der Waals surface area contributed by atoms with Gasteiger partial charge in [0.2, 0.25) is 0 Å². The first-order valence-corrected chi connectivity index (χ1v) is 6.70. The van der Waals surface area contributed by atoms with E-state index in [1.165, 1.54) is 0 Å². The van der Waals surface area contributed by atoms with Crippen LogP contribution in [0.2, 0.25) is 0 Å². The van der Waals surface area contributed by atoms with Gasteiger partial charge in [-0.2, -0.15) is 17.0 Å². The summed E-state index contributed by atoms with van der Waals surface area (Å²) in [7, 11) is 0. The Kier molecular flexibility index (Phi) is 3.03. The predicted octanol–water partition coefficient (Wildman–Crippen LogP) is 3.81. The Bertz CT molecular complexity index is 453. The molecule has 1 aromatic rings. The summed E-state index contributed by atoms with van der Waals surface area (Å²) in [6.07, 6.45) is 3.76. The van der Waals surface area contributed by atoms with E-state index in [1.807, 2.05) is 18.4 Å². The zero-order chi connectivity index (χ0) is 11.0. The molecule has 0 saturated heterocycles. The van der Waals surface area contributed by atoms with Crippen LogP contribution in [0.25, 0.3) is 0 Å². The van der Waals surface area contributed by atoms with E-state index in [9.17, 15) is 4.39 Å². The highest BCUT2D eigenvalue weighted by Crippen LogP contribution is 2.43. The standard InChI is InChI=1S/C11H9BrFNS/c1-15-9-3-2-7-8(9)4-6(5-14)10(12)11(7)13/h4,9H,2-3H2,1H3. The molecule has 0 fully saturated rings. The normalized spacial score (nSPS) is 18.7. The first-order valence-electron chi connectivity index (χ1n) is 4.62. The molecule has 0 saturated carbocycles. The fraction of sp³-hybridized carbons (Fsp3) is 0.364. The number of rotatable bonds is 1. The highest BCUT2D eigenvalue weighted by atomic mass is 79.9. The van der Waals surface area contributed by atoms with Crippen molar-refractivity contribution in [1.82, 2.24) is 0 Å². The van der Waals surface area contributed by atoms with Crippen molar-refractivity contribution in [3.05, 3.63) is 33.0 Å². The smallest absolute Gasteiger partial charge is 0.142 e. The zero-order valence-corrected chi connectivity index (χ0v) is 10.6. The van der Waals surface area contributed by atoms with E-state index in [0.29, 0.717) is 15.3 Å². The summed E-state index contributed by atoms with van der Waals surface area (Å²) in [5.74, 6) is -0.249. The molecular formula is C11H9BrFNS. The van der Waals surface area contributed by atoms with Crippen molar-refractivity contribution < 1.29 is 4.39 Å². The summed E-state index contributed by atoms with van der Waals surface area (Å²) in [5, 5.41) is 9.22. The molecule has 1 aliphatic rings. The third kappa shape index (κ3) is 1.68. The summed E-state index contributed by atoms with van der Waals surface area (Å²) in [6, 6.07) is 3.83. The fourth-order valence-corrected chi connectivity index (χ4v) is 3.24. The molecule has 0 aromatic heterocycles. The minimum absolute atomic E-state index is 0.249. The summed E-state index contributed by atoms with van der Waals surface area (Å²) in [5.41, 5.74) is 2.17. The van der Waals surface area contributed by atoms with Crippen LogP contribution >= 0.6 is 27.7 Å². The van der Waals surface area contributed by atoms with E-state index in [0.717, 1.165) is 24.0 Å². The van der Waals surface area contributed by atoms with Gasteiger partial charge in [0, 0.05) is 5.25 Å². The van der Waals surface area contributed by atoms with E-state index in [1.54, 1.807) is 11.8 Å². The van der Waals surface area contributed by atoms with Gasteiger partial charge in [-0.3, -0.25) is 0 Å². The number of nitriles is 1. The molecule has 0 amide bonds. The summed E-state index contributed by atoms with van der Waals surface area (Å²) < 4.78 is 14.2. The molecule has 0 N–H and O–H groups in total. The lowest BCUT2D eigenvalue weighted by Gasteiger charge is -2.09. The van der Waals surface area contributed by atoms with E-state index < -0.39 is 0 Å². The molecule has 2 rings (SSSR count). The van der Waals surface area contributed by atoms with Crippen LogP contribution in [0.4, 0.5) is 4.39 Å². The molecular weight excluding hydrogens is 277 g/mol. The second kappa shape index (κ2) is 4.15. The van der Waals surface area contributed by atoms with Crippen LogP contribution in [-0.4, -0.2) is 6.26 Å². The summed E-state index contributed by atoms with van der Waals surface area (Å²) in [4.78, 5) is 0. The Balaban J connectivity index is 2.63. The van der Waals surface area contributed by atoms with Gasteiger partial charge in [0.25, 0.3) is 0 Å². The Labute approximate surface area is 101 Å². The second-order valence-corrected chi connectivity index (χ2v) is 5.33. The van der Waals surface area contributed by atoms with Gasteiger partial charge < -0.3 is 0 Å². The number of thioether (sulfide) groups is 1. The van der Waals surface area contributed by atoms with E-state index in [2.05, 4.69) is 15.9 Å². The highest BCUT2D eigenvalue weighted by Gasteiger charge is 2.27. The van der Waals surface area contributed by atoms with Crippen molar-refractivity contribution in [2.75, 3.05) is 6.26 Å². The molecule has 4 heteroatoms. The van der Waals surface area contributed by atoms with Crippen LogP contribution in [0, 0.1) is 17.1 Å². The maximum atomic E-state index is 13.9. The SMILES string of the molecule is CSC1CCc2c1cc(C#N)c(Br)c2F. The van der Waals surface area contributed by atoms with Gasteiger partial charge >= 0.3 is 0 Å². The second-order valence-electron chi connectivity index (χ2n) is 3.49. The van der Waals surface area contributed by atoms with Crippen molar-refractivity contribution in [3.63, 3.8) is 0 Å². The molecule has 0 aliphatic heterocycles. The van der Waals surface area contributed by atoms with Gasteiger partial charge in [-0.15, -0.1) is 0 Å². The average molecular weight is 286 g/mol. The topological polar surface area (TPSA) is 23.8 Å². The molecule has 0 bridgehead atoms. The Morgan fingerprint density at radius 1 is 1.67 bits per heavy atom. The third-order valence-corrected chi connectivity index (χ3v) is 4.58. The van der Waals surface area contributed by atoms with Gasteiger partial charge in [0.05, 0.1) is 10.0 Å². The molecule has 0 radical (unpaired) electrons. The number of nitrogens with zero attached hydrogens (tertiary/aromatic N) is 1. The molecule has 0 spiro atoms. The van der Waals surface area contributed by atoms with Crippen molar-refractivity contribution in [1.29, 1.82) is 5.26 Å². The van der Waals surface area contributed by atoms with E-state index in [4.69, 9.17) is 5.26 Å². The van der Waals surface area contributed by atoms with Crippen LogP contribution in [0.5, 0.6) is 0 Å². The Hall–Kier alpha value is -0.530. The molecule has 0 heterocycles. The van der Waals surface area contributed by atoms with Gasteiger partial charge in [-0.1, -0.05) is 0 Å². The lowest BCUT2D eigenvalue weighted by atomic mass is 10.1. The summed E-state index contributed by atoms with van der Waals surface area (Å²) >= 11 is 4.85. The third-order valence-electron chi connectivity index (χ3n) is 2.75. The maximum Gasteiger partial charge on any atom is 0.142 e. The zero-order valence-electron chi connectivity index (χ0n) is 8.18. The fourth-order valence-electron chi connectivity index (χ4n) is 1.98. The monoisotopic (exact) mass is 285 g/mol. The number of halogens is 2. The highest BCUT2D eigenvalue weighted by molar-refractivity contribution is 9.10. The Morgan fingerprint density at radius 2 is 2.40 bits per heavy atom. The largest absolute Gasteiger partial charge is 0.205 e. The minimum atomic E-state index is -0.249. The number of hydrogen-bond acceptors (Lipinski definition) is 2. The molecule has 78 valence electrons. The summed E-state index contributed by atoms with van der Waals surface area (Å²) in [6.45, 7) is 0. The first kappa shape index (κ1) is 11.0. The predicted molar refractivity (Wildman–Crippen MR) is 63.4 cm³/mol. The van der Waals surface area contributed by atoms with Crippen molar-refractivity contribution in [2.45, 2.75) is 18.1 Å². The molecule has 1 unspecified atom stereocenters. The number of fused-ring (bicyclic) bond motifs is 1. The average Bonchev–Trinajstić information content (AvgIpc) is 2.66. The Morgan fingerprint density at radius 3 is 3.00 bits per heavy atom. The van der Waals surface area contributed by atoms with Crippen molar-refractivity contribution in [3.8, 4) is 6.07 Å². The van der Waals surface area contributed by atoms with Gasteiger partial charge in [-0.25, -0.2) is 4.39 Å². The molecule has 1 aliphatic carbocycles. The lowest BCUT2D eigenvalue weighted by Crippen LogP contribution is -1.95. The molecule has 15 heavy (non-hydrogen) atoms. The minimum Gasteiger partial charge on any atom is -0.205 e. The van der Waals surface area contributed by atoms with Crippen LogP contribution < -0.4 is 0 Å². The van der Waals surface area contributed by atoms with Crippen molar-refractivity contribution in [2.24, 2.45) is 0 Å². The maximum absolute atomic E-state index is 13.9. The molecule has 1 aromatic carbocycles. The van der Waals surface area contributed by atoms with E-state index in [-0.39, 0.29) is 5.82 Å². The van der Waals surface area contributed by atoms with Gasteiger partial charge in [0.15, 0.2) is 0 Å². The quantitative estimate of drug-likeness (QED) is 0.783. The first-order chi connectivity index (χ1) is 7.19. The van der Waals surface area contributed by atoms with E-state index >= 15 is 0 Å². The van der Waals surface area contributed by atoms with Crippen LogP contribution in [0.15, 0.2) is 10.5 Å².